The highest BCUT2D eigenvalue weighted by Crippen LogP contribution is 2.38. The molecule has 1 atom stereocenters. The van der Waals surface area contributed by atoms with Crippen molar-refractivity contribution in [2.24, 2.45) is 0 Å². The molecule has 0 aromatic carbocycles. The van der Waals surface area contributed by atoms with E-state index in [9.17, 15) is 0 Å². The molecule has 2 fully saturated rings. The molecule has 2 saturated heterocycles. The third-order valence-corrected chi connectivity index (χ3v) is 4.62. The van der Waals surface area contributed by atoms with E-state index in [-0.39, 0.29) is 11.7 Å². The van der Waals surface area contributed by atoms with Crippen molar-refractivity contribution in [2.75, 3.05) is 38.8 Å². The Morgan fingerprint density at radius 2 is 2.00 bits per heavy atom. The van der Waals surface area contributed by atoms with Crippen molar-refractivity contribution in [1.29, 1.82) is 0 Å². The lowest BCUT2D eigenvalue weighted by molar-refractivity contribution is -0.175. The summed E-state index contributed by atoms with van der Waals surface area (Å²) in [5.41, 5.74) is -0.126. The number of rotatable bonds is 3. The first kappa shape index (κ1) is 14.5. The zero-order chi connectivity index (χ0) is 14.7. The Hall–Kier alpha value is -1.40. The maximum atomic E-state index is 6.13. The summed E-state index contributed by atoms with van der Waals surface area (Å²) in [6.07, 6.45) is 7.64. The Bertz CT molecular complexity index is 475. The highest BCUT2D eigenvalue weighted by molar-refractivity contribution is 5.48. The second-order valence-electron chi connectivity index (χ2n) is 5.66. The lowest BCUT2D eigenvalue weighted by Crippen LogP contribution is -2.56. The maximum Gasteiger partial charge on any atom is 0.257 e. The maximum absolute atomic E-state index is 6.13. The van der Waals surface area contributed by atoms with Gasteiger partial charge in [-0.25, -0.2) is 9.97 Å². The summed E-state index contributed by atoms with van der Waals surface area (Å²) in [5.74, 6) is 1.40. The highest BCUT2D eigenvalue weighted by atomic mass is 16.5. The Morgan fingerprint density at radius 1 is 1.24 bits per heavy atom. The number of methoxy groups -OCH3 is 2. The lowest BCUT2D eigenvalue weighted by atomic mass is 9.82. The molecule has 6 heteroatoms. The topological polar surface area (TPSA) is 56.7 Å². The number of aromatic nitrogens is 2. The highest BCUT2D eigenvalue weighted by Gasteiger charge is 2.45. The van der Waals surface area contributed by atoms with Gasteiger partial charge in [-0.1, -0.05) is 0 Å². The van der Waals surface area contributed by atoms with Crippen molar-refractivity contribution in [3.05, 3.63) is 12.4 Å². The molecule has 1 spiro atoms. The van der Waals surface area contributed by atoms with E-state index >= 15 is 0 Å². The zero-order valence-corrected chi connectivity index (χ0v) is 12.7. The molecule has 0 saturated carbocycles. The molecule has 2 aliphatic heterocycles. The number of hydrogen-bond donors (Lipinski definition) is 0. The minimum Gasteiger partial charge on any atom is -0.478 e. The van der Waals surface area contributed by atoms with E-state index in [1.54, 1.807) is 26.6 Å². The molecule has 1 aromatic heterocycles. The van der Waals surface area contributed by atoms with Gasteiger partial charge in [-0.15, -0.1) is 0 Å². The van der Waals surface area contributed by atoms with Crippen LogP contribution in [0, 0.1) is 0 Å². The molecule has 21 heavy (non-hydrogen) atoms. The van der Waals surface area contributed by atoms with Crippen LogP contribution in [-0.2, 0) is 9.47 Å². The van der Waals surface area contributed by atoms with Crippen molar-refractivity contribution in [3.8, 4) is 5.88 Å². The Morgan fingerprint density at radius 3 is 2.71 bits per heavy atom. The summed E-state index contributed by atoms with van der Waals surface area (Å²) in [6.45, 7) is 2.61. The van der Waals surface area contributed by atoms with Crippen LogP contribution in [0.3, 0.4) is 0 Å². The number of ether oxygens (including phenoxy) is 3. The number of anilines is 1. The van der Waals surface area contributed by atoms with E-state index < -0.39 is 0 Å². The molecular weight excluding hydrogens is 270 g/mol. The monoisotopic (exact) mass is 293 g/mol. The van der Waals surface area contributed by atoms with Crippen molar-refractivity contribution in [2.45, 2.75) is 37.4 Å². The minimum absolute atomic E-state index is 0.126. The average molecular weight is 293 g/mol. The van der Waals surface area contributed by atoms with E-state index in [0.717, 1.165) is 51.2 Å². The van der Waals surface area contributed by atoms with Gasteiger partial charge in [-0.3, -0.25) is 0 Å². The van der Waals surface area contributed by atoms with Crippen molar-refractivity contribution in [3.63, 3.8) is 0 Å². The fourth-order valence-corrected chi connectivity index (χ4v) is 3.47. The first-order valence-electron chi connectivity index (χ1n) is 7.56. The smallest absolute Gasteiger partial charge is 0.257 e. The van der Waals surface area contributed by atoms with Gasteiger partial charge in [0.15, 0.2) is 5.82 Å². The average Bonchev–Trinajstić information content (AvgIpc) is 2.56. The molecule has 116 valence electrons. The van der Waals surface area contributed by atoms with Crippen LogP contribution in [0.5, 0.6) is 5.88 Å². The number of nitrogens with zero attached hydrogens (tertiary/aromatic N) is 3. The van der Waals surface area contributed by atoms with E-state index in [2.05, 4.69) is 14.9 Å². The third kappa shape index (κ3) is 2.70. The van der Waals surface area contributed by atoms with Gasteiger partial charge in [-0.05, 0) is 25.7 Å². The van der Waals surface area contributed by atoms with Crippen LogP contribution in [0.25, 0.3) is 0 Å². The summed E-state index contributed by atoms with van der Waals surface area (Å²) < 4.78 is 17.1. The standard InChI is InChI=1S/C15H23N3O3/c1-19-12-4-3-11-21-15(12)5-9-18(10-6-15)13-14(20-2)17-8-7-16-13/h7-8,12H,3-6,9-11H2,1-2H3/t12-/m0/s1. The predicted octanol–water partition coefficient (Wildman–Crippen LogP) is 1.65. The Labute approximate surface area is 125 Å². The van der Waals surface area contributed by atoms with Crippen LogP contribution in [0.15, 0.2) is 12.4 Å². The zero-order valence-electron chi connectivity index (χ0n) is 12.7. The van der Waals surface area contributed by atoms with Crippen molar-refractivity contribution in [1.82, 2.24) is 9.97 Å². The van der Waals surface area contributed by atoms with Crippen LogP contribution in [0.4, 0.5) is 5.82 Å². The number of hydrogen-bond acceptors (Lipinski definition) is 6. The van der Waals surface area contributed by atoms with Gasteiger partial charge in [0.25, 0.3) is 5.88 Å². The molecule has 6 nitrogen and oxygen atoms in total. The number of piperidine rings is 1. The molecular formula is C15H23N3O3. The van der Waals surface area contributed by atoms with Crippen LogP contribution in [0.1, 0.15) is 25.7 Å². The molecule has 2 aliphatic rings. The van der Waals surface area contributed by atoms with Gasteiger partial charge in [-0.2, -0.15) is 0 Å². The third-order valence-electron chi connectivity index (χ3n) is 4.62. The fourth-order valence-electron chi connectivity index (χ4n) is 3.47. The van der Waals surface area contributed by atoms with Crippen molar-refractivity contribution >= 4 is 5.82 Å². The van der Waals surface area contributed by atoms with E-state index in [0.29, 0.717) is 5.88 Å². The molecule has 3 rings (SSSR count). The van der Waals surface area contributed by atoms with E-state index in [1.807, 2.05) is 0 Å². The van der Waals surface area contributed by atoms with Crippen LogP contribution in [0.2, 0.25) is 0 Å². The molecule has 0 N–H and O–H groups in total. The summed E-state index contributed by atoms with van der Waals surface area (Å²) in [6, 6.07) is 0. The van der Waals surface area contributed by atoms with Gasteiger partial charge in [0.2, 0.25) is 0 Å². The quantitative estimate of drug-likeness (QED) is 0.844. The second-order valence-corrected chi connectivity index (χ2v) is 5.66. The molecule has 0 unspecified atom stereocenters. The summed E-state index contributed by atoms with van der Waals surface area (Å²) >= 11 is 0. The molecule has 0 aliphatic carbocycles. The van der Waals surface area contributed by atoms with Gasteiger partial charge >= 0.3 is 0 Å². The molecule has 1 aromatic rings. The van der Waals surface area contributed by atoms with Crippen LogP contribution >= 0.6 is 0 Å². The molecule has 0 bridgehead atoms. The minimum atomic E-state index is -0.126. The summed E-state index contributed by atoms with van der Waals surface area (Å²) in [4.78, 5) is 10.9. The predicted molar refractivity (Wildman–Crippen MR) is 78.7 cm³/mol. The van der Waals surface area contributed by atoms with Crippen molar-refractivity contribution < 1.29 is 14.2 Å². The summed E-state index contributed by atoms with van der Waals surface area (Å²) in [5, 5.41) is 0. The molecule has 3 heterocycles. The van der Waals surface area contributed by atoms with Crippen LogP contribution in [-0.4, -0.2) is 55.6 Å². The second kappa shape index (κ2) is 6.15. The van der Waals surface area contributed by atoms with Gasteiger partial charge in [0, 0.05) is 39.2 Å². The normalized spacial score (nSPS) is 25.0. The van der Waals surface area contributed by atoms with Gasteiger partial charge in [0.05, 0.1) is 18.8 Å². The fraction of sp³-hybridized carbons (Fsp3) is 0.733. The van der Waals surface area contributed by atoms with Gasteiger partial charge < -0.3 is 19.1 Å². The van der Waals surface area contributed by atoms with Crippen LogP contribution < -0.4 is 9.64 Å². The summed E-state index contributed by atoms with van der Waals surface area (Å²) in [7, 11) is 3.42. The Kier molecular flexibility index (Phi) is 4.26. The van der Waals surface area contributed by atoms with Gasteiger partial charge in [0.1, 0.15) is 0 Å². The molecule has 0 radical (unpaired) electrons. The first-order valence-corrected chi connectivity index (χ1v) is 7.56. The SMILES string of the molecule is COc1nccnc1N1CCC2(CC1)OCCC[C@@H]2OC. The largest absolute Gasteiger partial charge is 0.478 e. The van der Waals surface area contributed by atoms with E-state index in [4.69, 9.17) is 14.2 Å². The molecule has 0 amide bonds. The first-order chi connectivity index (χ1) is 10.3. The Balaban J connectivity index is 1.72. The van der Waals surface area contributed by atoms with E-state index in [1.165, 1.54) is 0 Å². The lowest BCUT2D eigenvalue weighted by Gasteiger charge is -2.48.